The summed E-state index contributed by atoms with van der Waals surface area (Å²) in [4.78, 5) is 126. The van der Waals surface area contributed by atoms with Crippen LogP contribution in [-0.2, 0) is 53.1 Å². The maximum absolute atomic E-state index is 12.9. The van der Waals surface area contributed by atoms with Gasteiger partial charge in [-0.1, -0.05) is 79.7 Å². The number of hydrogen-bond donors (Lipinski definition) is 1. The highest BCUT2D eigenvalue weighted by Gasteiger charge is 2.55. The van der Waals surface area contributed by atoms with Crippen LogP contribution in [0.4, 0.5) is 14.5 Å². The number of likely N-dealkylation sites (tertiary alicyclic amines) is 9. The Kier molecular flexibility index (Phi) is 27.9. The van der Waals surface area contributed by atoms with Crippen LogP contribution in [0.15, 0.2) is 127 Å². The van der Waals surface area contributed by atoms with Crippen molar-refractivity contribution in [2.24, 2.45) is 0 Å². The van der Waals surface area contributed by atoms with E-state index >= 15 is 0 Å². The van der Waals surface area contributed by atoms with E-state index < -0.39 is 5.54 Å². The van der Waals surface area contributed by atoms with Crippen LogP contribution < -0.4 is 4.90 Å². The predicted octanol–water partition coefficient (Wildman–Crippen LogP) is 10.2. The van der Waals surface area contributed by atoms with Crippen molar-refractivity contribution in [3.05, 3.63) is 166 Å². The van der Waals surface area contributed by atoms with Crippen molar-refractivity contribution in [1.29, 1.82) is 0 Å². The van der Waals surface area contributed by atoms with Gasteiger partial charge in [-0.05, 0) is 184 Å². The molecule has 0 aliphatic carbocycles. The smallest absolute Gasteiger partial charge is 0.251 e. The van der Waals surface area contributed by atoms with Gasteiger partial charge in [-0.15, -0.1) is 11.3 Å². The molecule has 0 atom stereocenters. The first-order valence-corrected chi connectivity index (χ1v) is 40.5. The molecule has 0 radical (unpaired) electrons. The average molecular weight is 1540 g/mol. The Morgan fingerprint density at radius 1 is 0.495 bits per heavy atom. The van der Waals surface area contributed by atoms with Gasteiger partial charge in [0, 0.05) is 148 Å². The van der Waals surface area contributed by atoms with Crippen LogP contribution >= 0.6 is 11.3 Å². The number of piperidine rings is 5. The summed E-state index contributed by atoms with van der Waals surface area (Å²) in [5.41, 5.74) is 4.67. The molecule has 21 nitrogen and oxygen atoms in total. The average Bonchev–Trinajstić information content (AvgIpc) is 1.60. The molecule has 10 aliphatic rings. The summed E-state index contributed by atoms with van der Waals surface area (Å²) in [5.74, 6) is 1.15. The Morgan fingerprint density at radius 3 is 1.41 bits per heavy atom. The number of fused-ring (bicyclic) bond motifs is 1. The molecule has 3 amide bonds. The third-order valence-corrected chi connectivity index (χ3v) is 27.0. The number of thiazole rings is 1. The summed E-state index contributed by atoms with van der Waals surface area (Å²) >= 11 is 1.79. The summed E-state index contributed by atoms with van der Waals surface area (Å²) in [6.07, 6.45) is 12.7. The molecule has 111 heavy (non-hydrogen) atoms. The van der Waals surface area contributed by atoms with E-state index in [9.17, 15) is 52.2 Å². The highest BCUT2D eigenvalue weighted by molar-refractivity contribution is 7.18. The molecule has 598 valence electrons. The maximum atomic E-state index is 12.9. The lowest BCUT2D eigenvalue weighted by atomic mass is 9.84. The third-order valence-electron chi connectivity index (χ3n) is 26.0. The quantitative estimate of drug-likeness (QED) is 0.107. The molecule has 10 saturated heterocycles. The number of anilines is 1. The Morgan fingerprint density at radius 2 is 0.946 bits per heavy atom. The zero-order valence-corrected chi connectivity index (χ0v) is 66.1. The van der Waals surface area contributed by atoms with E-state index in [-0.39, 0.29) is 77.9 Å². The minimum atomic E-state index is -0.643. The predicted molar refractivity (Wildman–Crippen MR) is 430 cm³/mol. The zero-order valence-electron chi connectivity index (χ0n) is 65.3. The first-order valence-electron chi connectivity index (χ1n) is 39.7. The van der Waals surface area contributed by atoms with Crippen molar-refractivity contribution >= 4 is 73.9 Å². The van der Waals surface area contributed by atoms with Crippen molar-refractivity contribution in [1.82, 2.24) is 54.0 Å². The lowest BCUT2D eigenvalue weighted by Gasteiger charge is -2.43. The third kappa shape index (κ3) is 18.8. The maximum Gasteiger partial charge on any atom is 0.251 e. The van der Waals surface area contributed by atoms with E-state index in [0.29, 0.717) is 93.6 Å². The molecule has 0 bridgehead atoms. The number of hydrogen-bond acceptors (Lipinski definition) is 19. The van der Waals surface area contributed by atoms with Gasteiger partial charge in [0.15, 0.2) is 28.9 Å². The Hall–Kier alpha value is -7.91. The van der Waals surface area contributed by atoms with Gasteiger partial charge in [-0.3, -0.25) is 72.7 Å². The Bertz CT molecular complexity index is 4170. The number of nitrogens with zero attached hydrogens (tertiary/aromatic N) is 12. The molecule has 1 aromatic heterocycles. The number of aryl methyl sites for hydroxylation is 1. The van der Waals surface area contributed by atoms with Gasteiger partial charge in [0.05, 0.1) is 52.0 Å². The molecule has 1 N–H and O–H groups in total. The highest BCUT2D eigenvalue weighted by Crippen LogP contribution is 2.42. The molecular weight excluding hydrogens is 1430 g/mol. The summed E-state index contributed by atoms with van der Waals surface area (Å²) in [6.45, 7) is 18.4. The number of rotatable bonds is 13. The van der Waals surface area contributed by atoms with Crippen LogP contribution in [0.1, 0.15) is 149 Å². The lowest BCUT2D eigenvalue weighted by molar-refractivity contribution is -0.139. The topological polar surface area (TPSA) is 205 Å². The molecule has 6 aromatic rings. The van der Waals surface area contributed by atoms with Crippen LogP contribution in [0, 0.1) is 18.6 Å². The van der Waals surface area contributed by atoms with Crippen molar-refractivity contribution in [2.45, 2.75) is 171 Å². The Labute approximate surface area is 658 Å². The van der Waals surface area contributed by atoms with Crippen molar-refractivity contribution < 1.29 is 52.2 Å². The molecule has 0 saturated carbocycles. The van der Waals surface area contributed by atoms with Gasteiger partial charge in [0.25, 0.3) is 5.91 Å². The van der Waals surface area contributed by atoms with Gasteiger partial charge in [0.2, 0.25) is 11.8 Å². The fraction of sp³-hybridized carbons (Fsp3) is 0.552. The van der Waals surface area contributed by atoms with Crippen molar-refractivity contribution in [2.75, 3.05) is 145 Å². The molecule has 16 rings (SSSR count). The fourth-order valence-corrected chi connectivity index (χ4v) is 19.7. The second-order valence-corrected chi connectivity index (χ2v) is 33.2. The standard InChI is InChI=1S/C19H25FN2O2.C17H21FN2O2.C17H21N3OS.C17H24N2O.C16H21N3O3.CH4/c1-21-12-8-18(24)19(21)9-13-22(14-10-19)11-2-3-17(23)15-4-6-16(20)7-5-15;1-19-9-6-15(21)17(19)7-10-20(11-8-17)16(22)12-13-2-4-14(18)5-3-13;1-19-9-6-15(21)17(19)7-10-20(11-8-17)12-16-18-13-4-2-3-5-14(13)22-16;1-14-4-3-5-15(12-14)13-19-10-7-17(8-11-19)16(20)6-9-18(17)2;1-13(21)17-9-7-16(8-10-17)15(22)18(12-20)11-19(16)14-5-3-2-4-6-14;/h4-7H,2-3,8-14H2,1H3;2*2-5H,6-12H2,1H3;3-5,12H,6-11,13H2,1-2H3;2-6,20H,7-12H2,1H3;1H4. The SMILES string of the molecule is C.CC(=O)N1CCC2(CC1)C(=O)N(CO)CN2c1ccccc1.CN1CCC(=O)C12CCN(C(=O)Cc1ccc(F)cc1)CC2.CN1CCC(=O)C12CCN(CCCC(=O)c1ccc(F)cc1)CC2.CN1CCC(=O)C12CCN(Cc1nc3ccccc3s1)CC2.Cc1cccc(CN2CCC3(CC2)C(=O)CCN3C)c1. The number of aromatic nitrogens is 1. The number of Topliss-reactive ketones (excluding diaryl/α,β-unsaturated/α-hetero) is 5. The van der Waals surface area contributed by atoms with E-state index in [1.54, 1.807) is 47.4 Å². The molecule has 5 aromatic carbocycles. The number of halogens is 2. The molecule has 10 fully saturated rings. The van der Waals surface area contributed by atoms with E-state index in [1.165, 1.54) is 50.0 Å². The molecule has 5 spiro atoms. The lowest BCUT2D eigenvalue weighted by Crippen LogP contribution is -2.57. The van der Waals surface area contributed by atoms with Gasteiger partial charge < -0.3 is 24.7 Å². The Balaban J connectivity index is 0.000000137. The summed E-state index contributed by atoms with van der Waals surface area (Å²) in [7, 11) is 8.28. The van der Waals surface area contributed by atoms with Gasteiger partial charge in [0.1, 0.15) is 28.9 Å². The number of aliphatic hydroxyl groups is 1. The van der Waals surface area contributed by atoms with E-state index in [2.05, 4.69) is 110 Å². The van der Waals surface area contributed by atoms with Gasteiger partial charge in [-0.25, -0.2) is 13.8 Å². The molecule has 0 unspecified atom stereocenters. The van der Waals surface area contributed by atoms with Crippen LogP contribution in [0.2, 0.25) is 0 Å². The largest absolute Gasteiger partial charge is 0.376 e. The summed E-state index contributed by atoms with van der Waals surface area (Å²) < 4.78 is 27.0. The molecule has 11 heterocycles. The van der Waals surface area contributed by atoms with Crippen LogP contribution in [0.5, 0.6) is 0 Å². The first-order chi connectivity index (χ1) is 52.9. The number of para-hydroxylation sites is 2. The molecule has 10 aliphatic heterocycles. The summed E-state index contributed by atoms with van der Waals surface area (Å²) in [5, 5.41) is 10.7. The van der Waals surface area contributed by atoms with Gasteiger partial charge in [-0.2, -0.15) is 0 Å². The number of aliphatic hydroxyl groups excluding tert-OH is 1. The van der Waals surface area contributed by atoms with E-state index in [4.69, 9.17) is 4.98 Å². The highest BCUT2D eigenvalue weighted by atomic mass is 32.1. The summed E-state index contributed by atoms with van der Waals surface area (Å²) in [6, 6.07) is 38.6. The minimum absolute atomic E-state index is 0. The van der Waals surface area contributed by atoms with Crippen LogP contribution in [0.25, 0.3) is 10.2 Å². The van der Waals surface area contributed by atoms with Crippen LogP contribution in [0.3, 0.4) is 0 Å². The first kappa shape index (κ1) is 84.0. The second-order valence-electron chi connectivity index (χ2n) is 32.1. The molecular formula is C87H116F2N12O9S. The number of benzene rings is 5. The van der Waals surface area contributed by atoms with Crippen molar-refractivity contribution in [3.63, 3.8) is 0 Å². The van der Waals surface area contributed by atoms with E-state index in [0.717, 1.165) is 172 Å². The fourth-order valence-electron chi connectivity index (χ4n) is 18.7. The number of ketones is 5. The second kappa shape index (κ2) is 36.9. The van der Waals surface area contributed by atoms with Crippen molar-refractivity contribution in [3.8, 4) is 0 Å². The molecule has 24 heteroatoms. The van der Waals surface area contributed by atoms with Gasteiger partial charge >= 0.3 is 0 Å². The minimum Gasteiger partial charge on any atom is -0.376 e. The number of amides is 3. The normalized spacial score (nSPS) is 21.8. The van der Waals surface area contributed by atoms with E-state index in [1.807, 2.05) is 48.3 Å². The number of carbonyl (C=O) groups excluding carboxylic acids is 8. The zero-order chi connectivity index (χ0) is 78.0. The number of likely N-dealkylation sites (N-methyl/N-ethyl adjacent to an activating group) is 4. The van der Waals surface area contributed by atoms with Crippen LogP contribution in [-0.4, -0.2) is 273 Å². The monoisotopic (exact) mass is 1540 g/mol. The number of carbonyl (C=O) groups is 8.